The minimum Gasteiger partial charge on any atom is -0.310 e. The number of rotatable bonds is 4. The Morgan fingerprint density at radius 3 is 1.39 bits per heavy atom. The zero-order valence-electron chi connectivity index (χ0n) is 27.5. The molecule has 0 aliphatic heterocycles. The molecule has 0 radical (unpaired) electrons. The summed E-state index contributed by atoms with van der Waals surface area (Å²) in [4.78, 5) is 2.42. The standard InChI is InChI=1S/C48H37N/c1-4-15-34(16-5-1)38-23-14-26-44-46(38)41-28-27-37(49(35-17-6-2-7-18-35)36-19-8-3-9-20-36)33-45(41)48(44)31-29-47(30-32-48)42-24-12-10-21-39(42)40-22-11-13-25-43(40)47/h1-28,33H,29-32H2. The molecule has 10 rings (SSSR count). The van der Waals surface area contributed by atoms with Crippen LogP contribution in [0.25, 0.3) is 33.4 Å². The molecule has 1 fully saturated rings. The lowest BCUT2D eigenvalue weighted by Gasteiger charge is -2.46. The smallest absolute Gasteiger partial charge is 0.0465 e. The Morgan fingerprint density at radius 1 is 0.327 bits per heavy atom. The van der Waals surface area contributed by atoms with Gasteiger partial charge in [-0.3, -0.25) is 0 Å². The van der Waals surface area contributed by atoms with Crippen molar-refractivity contribution >= 4 is 17.1 Å². The van der Waals surface area contributed by atoms with Crippen LogP contribution in [-0.2, 0) is 10.8 Å². The monoisotopic (exact) mass is 627 g/mol. The number of nitrogens with zero attached hydrogens (tertiary/aromatic N) is 1. The van der Waals surface area contributed by atoms with Crippen LogP contribution in [0.1, 0.15) is 47.9 Å². The molecule has 3 aliphatic rings. The van der Waals surface area contributed by atoms with Crippen molar-refractivity contribution in [1.29, 1.82) is 0 Å². The first-order chi connectivity index (χ1) is 24.3. The Labute approximate surface area is 289 Å². The van der Waals surface area contributed by atoms with Gasteiger partial charge in [-0.15, -0.1) is 0 Å². The maximum atomic E-state index is 2.54. The van der Waals surface area contributed by atoms with E-state index >= 15 is 0 Å². The molecule has 2 spiro atoms. The van der Waals surface area contributed by atoms with Crippen LogP contribution in [0.15, 0.2) is 176 Å². The van der Waals surface area contributed by atoms with Crippen molar-refractivity contribution in [2.45, 2.75) is 36.5 Å². The summed E-state index contributed by atoms with van der Waals surface area (Å²) in [6.07, 6.45) is 4.46. The van der Waals surface area contributed by atoms with Gasteiger partial charge < -0.3 is 4.90 Å². The lowest BCUT2D eigenvalue weighted by atomic mass is 9.57. The Hall–Kier alpha value is -5.66. The highest BCUT2D eigenvalue weighted by Crippen LogP contribution is 2.64. The molecular formula is C48H37N. The van der Waals surface area contributed by atoms with Gasteiger partial charge in [-0.1, -0.05) is 140 Å². The van der Waals surface area contributed by atoms with E-state index in [1.807, 2.05) is 0 Å². The Bertz CT molecular complexity index is 2240. The predicted octanol–water partition coefficient (Wildman–Crippen LogP) is 12.6. The second-order valence-corrected chi connectivity index (χ2v) is 14.1. The summed E-state index contributed by atoms with van der Waals surface area (Å²) >= 11 is 0. The van der Waals surface area contributed by atoms with Gasteiger partial charge in [-0.2, -0.15) is 0 Å². The first-order valence-corrected chi connectivity index (χ1v) is 17.7. The molecular weight excluding hydrogens is 591 g/mol. The highest BCUT2D eigenvalue weighted by Gasteiger charge is 2.53. The van der Waals surface area contributed by atoms with E-state index in [1.54, 1.807) is 0 Å². The van der Waals surface area contributed by atoms with Crippen molar-refractivity contribution in [3.05, 3.63) is 198 Å². The second kappa shape index (κ2) is 10.9. The lowest BCUT2D eigenvalue weighted by molar-refractivity contribution is 0.265. The minimum atomic E-state index is -0.0672. The third-order valence-electron chi connectivity index (χ3n) is 11.9. The first-order valence-electron chi connectivity index (χ1n) is 17.7. The average molecular weight is 628 g/mol. The van der Waals surface area contributed by atoms with Crippen molar-refractivity contribution in [2.75, 3.05) is 4.90 Å². The van der Waals surface area contributed by atoms with Crippen molar-refractivity contribution in [1.82, 2.24) is 0 Å². The summed E-state index contributed by atoms with van der Waals surface area (Å²) in [5.41, 5.74) is 17.9. The minimum absolute atomic E-state index is 0.0517. The van der Waals surface area contributed by atoms with Crippen molar-refractivity contribution in [3.63, 3.8) is 0 Å². The molecule has 234 valence electrons. The Kier molecular flexibility index (Phi) is 6.33. The van der Waals surface area contributed by atoms with E-state index in [0.717, 1.165) is 25.7 Å². The van der Waals surface area contributed by atoms with Crippen LogP contribution in [0.3, 0.4) is 0 Å². The first kappa shape index (κ1) is 28.4. The predicted molar refractivity (Wildman–Crippen MR) is 204 cm³/mol. The number of para-hydroxylation sites is 2. The van der Waals surface area contributed by atoms with E-state index in [2.05, 4.69) is 181 Å². The number of benzene rings is 7. The van der Waals surface area contributed by atoms with Gasteiger partial charge in [-0.25, -0.2) is 0 Å². The van der Waals surface area contributed by atoms with Gasteiger partial charge in [0.2, 0.25) is 0 Å². The Morgan fingerprint density at radius 2 is 0.796 bits per heavy atom. The molecule has 0 aromatic heterocycles. The van der Waals surface area contributed by atoms with Gasteiger partial charge in [-0.05, 0) is 118 Å². The average Bonchev–Trinajstić information content (AvgIpc) is 3.61. The summed E-state index contributed by atoms with van der Waals surface area (Å²) in [5.74, 6) is 0. The molecule has 0 atom stereocenters. The molecule has 0 amide bonds. The fraction of sp³-hybridized carbons (Fsp3) is 0.125. The van der Waals surface area contributed by atoms with Crippen LogP contribution in [0, 0.1) is 0 Å². The molecule has 0 saturated heterocycles. The maximum absolute atomic E-state index is 2.54. The number of hydrogen-bond acceptors (Lipinski definition) is 1. The number of anilines is 3. The maximum Gasteiger partial charge on any atom is 0.0465 e. The van der Waals surface area contributed by atoms with E-state index in [-0.39, 0.29) is 10.8 Å². The van der Waals surface area contributed by atoms with Gasteiger partial charge in [0.05, 0.1) is 0 Å². The molecule has 1 nitrogen and oxygen atoms in total. The normalized spacial score (nSPS) is 15.8. The highest BCUT2D eigenvalue weighted by molar-refractivity contribution is 5.94. The lowest BCUT2D eigenvalue weighted by Crippen LogP contribution is -2.39. The van der Waals surface area contributed by atoms with E-state index < -0.39 is 0 Å². The van der Waals surface area contributed by atoms with Crippen LogP contribution in [0.2, 0.25) is 0 Å². The van der Waals surface area contributed by atoms with Gasteiger partial charge in [0.25, 0.3) is 0 Å². The molecule has 0 bridgehead atoms. The topological polar surface area (TPSA) is 3.24 Å². The van der Waals surface area contributed by atoms with Crippen LogP contribution >= 0.6 is 0 Å². The van der Waals surface area contributed by atoms with Gasteiger partial charge >= 0.3 is 0 Å². The van der Waals surface area contributed by atoms with Gasteiger partial charge in [0, 0.05) is 27.9 Å². The van der Waals surface area contributed by atoms with Crippen LogP contribution in [0.4, 0.5) is 17.1 Å². The van der Waals surface area contributed by atoms with Crippen LogP contribution < -0.4 is 4.90 Å². The number of fused-ring (bicyclic) bond motifs is 10. The quantitative estimate of drug-likeness (QED) is 0.188. The number of hydrogen-bond donors (Lipinski definition) is 0. The van der Waals surface area contributed by atoms with Crippen molar-refractivity contribution in [3.8, 4) is 33.4 Å². The highest BCUT2D eigenvalue weighted by atomic mass is 15.1. The van der Waals surface area contributed by atoms with E-state index in [1.165, 1.54) is 72.7 Å². The molecule has 0 N–H and O–H groups in total. The van der Waals surface area contributed by atoms with Crippen molar-refractivity contribution < 1.29 is 0 Å². The molecule has 0 unspecified atom stereocenters. The van der Waals surface area contributed by atoms with Gasteiger partial charge in [0.15, 0.2) is 0 Å². The third-order valence-corrected chi connectivity index (χ3v) is 11.9. The summed E-state index contributed by atoms with van der Waals surface area (Å²) in [6, 6.07) is 65.4. The van der Waals surface area contributed by atoms with E-state index in [0.29, 0.717) is 0 Å². The summed E-state index contributed by atoms with van der Waals surface area (Å²) < 4.78 is 0. The fourth-order valence-electron chi connectivity index (χ4n) is 9.73. The molecule has 7 aromatic carbocycles. The largest absolute Gasteiger partial charge is 0.310 e. The zero-order chi connectivity index (χ0) is 32.4. The molecule has 1 heteroatoms. The molecule has 0 heterocycles. The van der Waals surface area contributed by atoms with Crippen LogP contribution in [-0.4, -0.2) is 0 Å². The van der Waals surface area contributed by atoms with Gasteiger partial charge in [0.1, 0.15) is 0 Å². The second-order valence-electron chi connectivity index (χ2n) is 14.1. The van der Waals surface area contributed by atoms with Crippen molar-refractivity contribution in [2.24, 2.45) is 0 Å². The molecule has 49 heavy (non-hydrogen) atoms. The summed E-state index contributed by atoms with van der Waals surface area (Å²) in [5, 5.41) is 0. The van der Waals surface area contributed by atoms with E-state index in [9.17, 15) is 0 Å². The molecule has 3 aliphatic carbocycles. The fourth-order valence-corrected chi connectivity index (χ4v) is 9.73. The molecule has 1 saturated carbocycles. The summed E-state index contributed by atoms with van der Waals surface area (Å²) in [6.45, 7) is 0. The van der Waals surface area contributed by atoms with E-state index in [4.69, 9.17) is 0 Å². The molecule has 7 aromatic rings. The SMILES string of the molecule is c1ccc(-c2cccc3c2-c2ccc(N(c4ccccc4)c4ccccc4)cc2C32CCC3(CC2)c2ccccc2-c2ccccc23)cc1. The third kappa shape index (κ3) is 4.12. The van der Waals surface area contributed by atoms with Crippen LogP contribution in [0.5, 0.6) is 0 Å². The summed E-state index contributed by atoms with van der Waals surface area (Å²) in [7, 11) is 0. The Balaban J connectivity index is 1.17. The zero-order valence-corrected chi connectivity index (χ0v) is 27.5.